The van der Waals surface area contributed by atoms with Gasteiger partial charge >= 0.3 is 0 Å². The van der Waals surface area contributed by atoms with Crippen LogP contribution in [0.3, 0.4) is 0 Å². The number of fused-ring (bicyclic) bond motifs is 1. The topological polar surface area (TPSA) is 46.9 Å². The molecule has 3 rings (SSSR count). The van der Waals surface area contributed by atoms with E-state index in [2.05, 4.69) is 22.5 Å². The molecule has 0 spiro atoms. The number of nitrogens with one attached hydrogen (secondary N) is 1. The van der Waals surface area contributed by atoms with Crippen LogP contribution in [0.2, 0.25) is 0 Å². The van der Waals surface area contributed by atoms with Crippen molar-refractivity contribution in [1.29, 1.82) is 0 Å². The zero-order valence-corrected chi connectivity index (χ0v) is 14.5. The Balaban J connectivity index is 0.000000215. The van der Waals surface area contributed by atoms with Gasteiger partial charge in [-0.3, -0.25) is 9.48 Å². The predicted octanol–water partition coefficient (Wildman–Crippen LogP) is 4.45. The molecule has 0 aliphatic heterocycles. The van der Waals surface area contributed by atoms with Crippen molar-refractivity contribution in [2.24, 2.45) is 7.05 Å². The van der Waals surface area contributed by atoms with Crippen LogP contribution < -0.4 is 5.32 Å². The van der Waals surface area contributed by atoms with Crippen LogP contribution in [-0.2, 0) is 7.05 Å². The number of benzene rings is 2. The maximum atomic E-state index is 10.2. The second kappa shape index (κ2) is 9.41. The number of hydrogen-bond acceptors (Lipinski definition) is 3. The van der Waals surface area contributed by atoms with Gasteiger partial charge in [0.2, 0.25) is 0 Å². The van der Waals surface area contributed by atoms with Gasteiger partial charge in [0.25, 0.3) is 0 Å². The summed E-state index contributed by atoms with van der Waals surface area (Å²) in [5, 5.41) is 8.43. The molecule has 0 aliphatic rings. The van der Waals surface area contributed by atoms with Gasteiger partial charge in [-0.05, 0) is 31.2 Å². The number of hydrogen-bond donors (Lipinski definition) is 1. The molecule has 0 atom stereocenters. The quantitative estimate of drug-likeness (QED) is 0.711. The average Bonchev–Trinajstić information content (AvgIpc) is 2.97. The van der Waals surface area contributed by atoms with Crippen LogP contribution in [0.25, 0.3) is 10.9 Å². The van der Waals surface area contributed by atoms with Gasteiger partial charge in [-0.25, -0.2) is 0 Å². The van der Waals surface area contributed by atoms with E-state index in [0.29, 0.717) is 0 Å². The third-order valence-electron chi connectivity index (χ3n) is 3.22. The smallest absolute Gasteiger partial charge is 0.150 e. The monoisotopic (exact) mass is 311 g/mol. The van der Waals surface area contributed by atoms with Gasteiger partial charge in [0.1, 0.15) is 6.29 Å². The highest BCUT2D eigenvalue weighted by Crippen LogP contribution is 2.17. The molecule has 2 aromatic carbocycles. The van der Waals surface area contributed by atoms with E-state index in [0.717, 1.165) is 28.6 Å². The van der Waals surface area contributed by atoms with Crippen LogP contribution in [0.4, 0.5) is 5.69 Å². The maximum absolute atomic E-state index is 10.2. The van der Waals surface area contributed by atoms with Gasteiger partial charge in [-0.1, -0.05) is 37.6 Å². The Bertz CT molecular complexity index is 747. The molecule has 3 aromatic rings. The summed E-state index contributed by atoms with van der Waals surface area (Å²) in [7, 11) is 3.86. The highest BCUT2D eigenvalue weighted by atomic mass is 16.1. The van der Waals surface area contributed by atoms with E-state index in [-0.39, 0.29) is 0 Å². The third kappa shape index (κ3) is 5.25. The molecule has 0 saturated heterocycles. The van der Waals surface area contributed by atoms with Gasteiger partial charge in [-0.2, -0.15) is 5.10 Å². The Morgan fingerprint density at radius 2 is 1.87 bits per heavy atom. The summed E-state index contributed by atoms with van der Waals surface area (Å²) in [6.07, 6.45) is 2.72. The second-order valence-electron chi connectivity index (χ2n) is 4.82. The van der Waals surface area contributed by atoms with Crippen molar-refractivity contribution >= 4 is 22.9 Å². The number of aryl methyl sites for hydroxylation is 2. The van der Waals surface area contributed by atoms with Crippen molar-refractivity contribution in [3.05, 3.63) is 59.8 Å². The molecule has 0 aliphatic carbocycles. The standard InChI is InChI=1S/C9H11N3.C8H8O.C2H6/c1-10-8-4-3-7-6-11-12(2)9(7)5-8;1-7-3-2-4-8(5-7)6-9;1-2/h3-6,10H,1-2H3;2-6H,1H3;1-2H3. The van der Waals surface area contributed by atoms with Crippen LogP contribution in [0.1, 0.15) is 29.8 Å². The first-order chi connectivity index (χ1) is 11.1. The summed E-state index contributed by atoms with van der Waals surface area (Å²) in [6, 6.07) is 13.7. The molecule has 0 bridgehead atoms. The number of nitrogens with zero attached hydrogens (tertiary/aromatic N) is 2. The Hall–Kier alpha value is -2.62. The van der Waals surface area contributed by atoms with Crippen LogP contribution in [-0.4, -0.2) is 23.1 Å². The van der Waals surface area contributed by atoms with Gasteiger partial charge in [-0.15, -0.1) is 0 Å². The lowest BCUT2D eigenvalue weighted by Crippen LogP contribution is -1.91. The predicted molar refractivity (Wildman–Crippen MR) is 98.2 cm³/mol. The van der Waals surface area contributed by atoms with Crippen LogP contribution >= 0.6 is 0 Å². The molecule has 0 radical (unpaired) electrons. The van der Waals surface area contributed by atoms with E-state index in [9.17, 15) is 4.79 Å². The average molecular weight is 311 g/mol. The van der Waals surface area contributed by atoms with Crippen LogP contribution in [0, 0.1) is 6.92 Å². The molecule has 1 N–H and O–H groups in total. The minimum atomic E-state index is 0.745. The van der Waals surface area contributed by atoms with E-state index >= 15 is 0 Å². The van der Waals surface area contributed by atoms with E-state index < -0.39 is 0 Å². The van der Waals surface area contributed by atoms with E-state index in [1.807, 2.05) is 70.0 Å². The van der Waals surface area contributed by atoms with E-state index in [4.69, 9.17) is 0 Å². The molecule has 0 saturated carbocycles. The molecule has 0 amide bonds. The highest BCUT2D eigenvalue weighted by Gasteiger charge is 1.98. The number of carbonyl (C=O) groups excluding carboxylic acids is 1. The molecular weight excluding hydrogens is 286 g/mol. The first-order valence-electron chi connectivity index (χ1n) is 7.75. The molecular formula is C19H25N3O. The third-order valence-corrected chi connectivity index (χ3v) is 3.22. The largest absolute Gasteiger partial charge is 0.388 e. The lowest BCUT2D eigenvalue weighted by atomic mass is 10.2. The van der Waals surface area contributed by atoms with Crippen LogP contribution in [0.15, 0.2) is 48.7 Å². The first kappa shape index (κ1) is 18.4. The molecule has 4 heteroatoms. The van der Waals surface area contributed by atoms with E-state index in [1.165, 1.54) is 5.39 Å². The fourth-order valence-corrected chi connectivity index (χ4v) is 2.04. The number of aldehydes is 1. The summed E-state index contributed by atoms with van der Waals surface area (Å²) in [5.74, 6) is 0. The van der Waals surface area contributed by atoms with E-state index in [1.54, 1.807) is 6.07 Å². The van der Waals surface area contributed by atoms with Crippen molar-refractivity contribution in [2.75, 3.05) is 12.4 Å². The summed E-state index contributed by atoms with van der Waals surface area (Å²) in [4.78, 5) is 10.2. The minimum Gasteiger partial charge on any atom is -0.388 e. The summed E-state index contributed by atoms with van der Waals surface area (Å²) in [5.41, 5.74) is 4.14. The Kier molecular flexibility index (Phi) is 7.54. The molecule has 1 heterocycles. The van der Waals surface area contributed by atoms with Crippen molar-refractivity contribution < 1.29 is 4.79 Å². The zero-order chi connectivity index (χ0) is 17.2. The minimum absolute atomic E-state index is 0.745. The lowest BCUT2D eigenvalue weighted by molar-refractivity contribution is 0.112. The normalized spacial score (nSPS) is 9.26. The molecule has 0 fully saturated rings. The number of aromatic nitrogens is 2. The Morgan fingerprint density at radius 3 is 2.43 bits per heavy atom. The summed E-state index contributed by atoms with van der Waals surface area (Å²) < 4.78 is 1.87. The summed E-state index contributed by atoms with van der Waals surface area (Å²) in [6.45, 7) is 5.97. The fraction of sp³-hybridized carbons (Fsp3) is 0.263. The Labute approximate surface area is 138 Å². The van der Waals surface area contributed by atoms with Crippen molar-refractivity contribution in [3.63, 3.8) is 0 Å². The second-order valence-corrected chi connectivity index (χ2v) is 4.82. The van der Waals surface area contributed by atoms with Crippen molar-refractivity contribution in [1.82, 2.24) is 9.78 Å². The van der Waals surface area contributed by atoms with Gasteiger partial charge in [0.05, 0.1) is 11.7 Å². The number of anilines is 1. The SMILES string of the molecule is CC.CNc1ccc2cnn(C)c2c1.Cc1cccc(C=O)c1. The molecule has 122 valence electrons. The zero-order valence-electron chi connectivity index (χ0n) is 14.5. The van der Waals surface area contributed by atoms with Crippen molar-refractivity contribution in [3.8, 4) is 0 Å². The number of carbonyl (C=O) groups is 1. The molecule has 23 heavy (non-hydrogen) atoms. The van der Waals surface area contributed by atoms with Gasteiger partial charge < -0.3 is 5.32 Å². The van der Waals surface area contributed by atoms with Crippen molar-refractivity contribution in [2.45, 2.75) is 20.8 Å². The van der Waals surface area contributed by atoms with Crippen LogP contribution in [0.5, 0.6) is 0 Å². The lowest BCUT2D eigenvalue weighted by Gasteiger charge is -1.99. The molecule has 1 aromatic heterocycles. The van der Waals surface area contributed by atoms with Gasteiger partial charge in [0, 0.05) is 30.7 Å². The fourth-order valence-electron chi connectivity index (χ4n) is 2.04. The summed E-state index contributed by atoms with van der Waals surface area (Å²) >= 11 is 0. The first-order valence-corrected chi connectivity index (χ1v) is 7.75. The Morgan fingerprint density at radius 1 is 1.13 bits per heavy atom. The number of rotatable bonds is 2. The van der Waals surface area contributed by atoms with Gasteiger partial charge in [0.15, 0.2) is 0 Å². The highest BCUT2D eigenvalue weighted by molar-refractivity contribution is 5.82. The maximum Gasteiger partial charge on any atom is 0.150 e. The molecule has 0 unspecified atom stereocenters. The molecule has 4 nitrogen and oxygen atoms in total.